The van der Waals surface area contributed by atoms with Crippen LogP contribution in [0.25, 0.3) is 0 Å². The first-order valence-corrected chi connectivity index (χ1v) is 5.50. The zero-order valence-electron chi connectivity index (χ0n) is 9.98. The average Bonchev–Trinajstić information content (AvgIpc) is 2.38. The molecule has 1 aromatic heterocycles. The number of carboxylic acids is 1. The Labute approximate surface area is 111 Å². The van der Waals surface area contributed by atoms with Gasteiger partial charge in [0.2, 0.25) is 0 Å². The van der Waals surface area contributed by atoms with E-state index >= 15 is 0 Å². The van der Waals surface area contributed by atoms with E-state index in [0.717, 1.165) is 12.1 Å². The Morgan fingerprint density at radius 3 is 2.35 bits per heavy atom. The van der Waals surface area contributed by atoms with Crippen LogP contribution in [0.5, 0.6) is 0 Å². The maximum Gasteiger partial charge on any atom is 0.416 e. The number of pyridine rings is 1. The largest absolute Gasteiger partial charge is 0.478 e. The zero-order valence-corrected chi connectivity index (χ0v) is 9.98. The number of rotatable bonds is 3. The van der Waals surface area contributed by atoms with Gasteiger partial charge in [0.25, 0.3) is 0 Å². The maximum atomic E-state index is 12.4. The highest BCUT2D eigenvalue weighted by molar-refractivity contribution is 5.88. The summed E-state index contributed by atoms with van der Waals surface area (Å²) in [5.74, 6) is -0.868. The summed E-state index contributed by atoms with van der Waals surface area (Å²) in [5.41, 5.74) is -0.335. The number of hydrogen-bond donors (Lipinski definition) is 2. The summed E-state index contributed by atoms with van der Waals surface area (Å²) in [5, 5.41) is 11.6. The maximum absolute atomic E-state index is 12.4. The Morgan fingerprint density at radius 2 is 1.80 bits per heavy atom. The zero-order chi connectivity index (χ0) is 14.8. The number of halogens is 3. The van der Waals surface area contributed by atoms with Gasteiger partial charge < -0.3 is 10.4 Å². The van der Waals surface area contributed by atoms with Crippen LogP contribution in [0.2, 0.25) is 0 Å². The van der Waals surface area contributed by atoms with Crippen molar-refractivity contribution >= 4 is 17.5 Å². The molecule has 0 fully saturated rings. The van der Waals surface area contributed by atoms with E-state index in [4.69, 9.17) is 5.11 Å². The Kier molecular flexibility index (Phi) is 3.60. The van der Waals surface area contributed by atoms with Gasteiger partial charge in [0, 0.05) is 11.9 Å². The number of carboxylic acid groups (broad SMARTS) is 1. The van der Waals surface area contributed by atoms with Crippen molar-refractivity contribution < 1.29 is 23.1 Å². The molecule has 2 aromatic rings. The molecule has 0 radical (unpaired) electrons. The molecule has 0 bridgehead atoms. The van der Waals surface area contributed by atoms with E-state index in [1.165, 1.54) is 30.5 Å². The fourth-order valence-corrected chi connectivity index (χ4v) is 1.52. The Morgan fingerprint density at radius 1 is 1.15 bits per heavy atom. The minimum absolute atomic E-state index is 0.0365. The topological polar surface area (TPSA) is 62.2 Å². The highest BCUT2D eigenvalue weighted by Crippen LogP contribution is 2.30. The lowest BCUT2D eigenvalue weighted by Crippen LogP contribution is -2.04. The SMILES string of the molecule is O=C(O)c1ccnc(Nc2ccc(C(F)(F)F)cc2)c1. The molecule has 0 atom stereocenters. The molecule has 4 nitrogen and oxygen atoms in total. The number of nitrogens with zero attached hydrogens (tertiary/aromatic N) is 1. The number of nitrogens with one attached hydrogen (secondary N) is 1. The van der Waals surface area contributed by atoms with Gasteiger partial charge in [0.1, 0.15) is 5.82 Å². The van der Waals surface area contributed by atoms with E-state index in [-0.39, 0.29) is 11.4 Å². The molecule has 1 aromatic carbocycles. The smallest absolute Gasteiger partial charge is 0.416 e. The Bertz CT molecular complexity index is 624. The highest BCUT2D eigenvalue weighted by Gasteiger charge is 2.29. The van der Waals surface area contributed by atoms with E-state index in [0.29, 0.717) is 5.69 Å². The summed E-state index contributed by atoms with van der Waals surface area (Å²) >= 11 is 0. The van der Waals surface area contributed by atoms with Crippen LogP contribution in [-0.2, 0) is 6.18 Å². The van der Waals surface area contributed by atoms with Crippen molar-refractivity contribution in [2.45, 2.75) is 6.18 Å². The molecule has 0 saturated heterocycles. The summed E-state index contributed by atoms with van der Waals surface area (Å²) in [6.45, 7) is 0. The molecule has 0 saturated carbocycles. The second-order valence-corrected chi connectivity index (χ2v) is 3.94. The first-order valence-electron chi connectivity index (χ1n) is 5.50. The monoisotopic (exact) mass is 282 g/mol. The Balaban J connectivity index is 2.18. The van der Waals surface area contributed by atoms with Crippen molar-refractivity contribution in [3.05, 3.63) is 53.7 Å². The third-order valence-electron chi connectivity index (χ3n) is 2.49. The van der Waals surface area contributed by atoms with E-state index < -0.39 is 17.7 Å². The lowest BCUT2D eigenvalue weighted by molar-refractivity contribution is -0.137. The van der Waals surface area contributed by atoms with E-state index in [1.54, 1.807) is 0 Å². The van der Waals surface area contributed by atoms with Gasteiger partial charge in [0.05, 0.1) is 11.1 Å². The van der Waals surface area contributed by atoms with E-state index in [9.17, 15) is 18.0 Å². The summed E-state index contributed by atoms with van der Waals surface area (Å²) in [6, 6.07) is 6.98. The molecule has 0 aliphatic heterocycles. The first-order chi connectivity index (χ1) is 9.36. The average molecular weight is 282 g/mol. The summed E-state index contributed by atoms with van der Waals surface area (Å²) in [7, 11) is 0. The molecule has 0 unspecified atom stereocenters. The van der Waals surface area contributed by atoms with Crippen LogP contribution in [0.1, 0.15) is 15.9 Å². The van der Waals surface area contributed by atoms with Gasteiger partial charge in [-0.25, -0.2) is 9.78 Å². The van der Waals surface area contributed by atoms with Crippen LogP contribution >= 0.6 is 0 Å². The molecule has 0 spiro atoms. The van der Waals surface area contributed by atoms with Crippen LogP contribution < -0.4 is 5.32 Å². The molecule has 0 amide bonds. The van der Waals surface area contributed by atoms with Crippen LogP contribution in [-0.4, -0.2) is 16.1 Å². The third kappa shape index (κ3) is 3.25. The first kappa shape index (κ1) is 13.9. The lowest BCUT2D eigenvalue weighted by atomic mass is 10.2. The molecule has 0 aliphatic carbocycles. The van der Waals surface area contributed by atoms with Gasteiger partial charge in [-0.15, -0.1) is 0 Å². The fourth-order valence-electron chi connectivity index (χ4n) is 1.52. The molecule has 0 aliphatic rings. The molecule has 7 heteroatoms. The summed E-state index contributed by atoms with van der Waals surface area (Å²) in [6.07, 6.45) is -3.09. The number of aromatic nitrogens is 1. The van der Waals surface area contributed by atoms with Gasteiger partial charge in [-0.3, -0.25) is 0 Å². The molecule has 1 heterocycles. The number of hydrogen-bond acceptors (Lipinski definition) is 3. The van der Waals surface area contributed by atoms with E-state index in [1.807, 2.05) is 0 Å². The minimum Gasteiger partial charge on any atom is -0.478 e. The number of aromatic carboxylic acids is 1. The van der Waals surface area contributed by atoms with Gasteiger partial charge in [-0.05, 0) is 36.4 Å². The fraction of sp³-hybridized carbons (Fsp3) is 0.0769. The second kappa shape index (κ2) is 5.20. The standard InChI is InChI=1S/C13H9F3N2O2/c14-13(15,16)9-1-3-10(4-2-9)18-11-7-8(12(19)20)5-6-17-11/h1-7H,(H,17,18)(H,19,20). The van der Waals surface area contributed by atoms with Crippen LogP contribution in [0.15, 0.2) is 42.6 Å². The van der Waals surface area contributed by atoms with Gasteiger partial charge in [-0.1, -0.05) is 0 Å². The molecule has 104 valence electrons. The normalized spacial score (nSPS) is 11.2. The third-order valence-corrected chi connectivity index (χ3v) is 2.49. The minimum atomic E-state index is -4.39. The van der Waals surface area contributed by atoms with Gasteiger partial charge >= 0.3 is 12.1 Å². The van der Waals surface area contributed by atoms with Crippen molar-refractivity contribution in [3.63, 3.8) is 0 Å². The molecule has 2 N–H and O–H groups in total. The molecular formula is C13H9F3N2O2. The lowest BCUT2D eigenvalue weighted by Gasteiger charge is -2.09. The Hall–Kier alpha value is -2.57. The highest BCUT2D eigenvalue weighted by atomic mass is 19.4. The predicted molar refractivity (Wildman–Crippen MR) is 65.9 cm³/mol. The summed E-state index contributed by atoms with van der Waals surface area (Å²) < 4.78 is 37.2. The van der Waals surface area contributed by atoms with Gasteiger partial charge in [0.15, 0.2) is 0 Å². The van der Waals surface area contributed by atoms with E-state index in [2.05, 4.69) is 10.3 Å². The van der Waals surface area contributed by atoms with Crippen LogP contribution in [0, 0.1) is 0 Å². The van der Waals surface area contributed by atoms with Crippen molar-refractivity contribution in [3.8, 4) is 0 Å². The predicted octanol–water partition coefficient (Wildman–Crippen LogP) is 3.54. The number of alkyl halides is 3. The van der Waals surface area contributed by atoms with Gasteiger partial charge in [-0.2, -0.15) is 13.2 Å². The van der Waals surface area contributed by atoms with Crippen molar-refractivity contribution in [2.75, 3.05) is 5.32 Å². The van der Waals surface area contributed by atoms with Crippen LogP contribution in [0.3, 0.4) is 0 Å². The van der Waals surface area contributed by atoms with Crippen molar-refractivity contribution in [1.29, 1.82) is 0 Å². The number of anilines is 2. The van der Waals surface area contributed by atoms with Crippen molar-refractivity contribution in [2.24, 2.45) is 0 Å². The number of benzene rings is 1. The molecule has 20 heavy (non-hydrogen) atoms. The molecule has 2 rings (SSSR count). The number of carbonyl (C=O) groups is 1. The quantitative estimate of drug-likeness (QED) is 0.903. The molecular weight excluding hydrogens is 273 g/mol. The summed E-state index contributed by atoms with van der Waals surface area (Å²) in [4.78, 5) is 14.7. The van der Waals surface area contributed by atoms with Crippen molar-refractivity contribution in [1.82, 2.24) is 4.98 Å². The van der Waals surface area contributed by atoms with Crippen LogP contribution in [0.4, 0.5) is 24.7 Å². The second-order valence-electron chi connectivity index (χ2n) is 3.94.